The summed E-state index contributed by atoms with van der Waals surface area (Å²) in [5, 5.41) is 16.4. The van der Waals surface area contributed by atoms with E-state index in [1.165, 1.54) is 0 Å². The lowest BCUT2D eigenvalue weighted by molar-refractivity contribution is 0.209. The summed E-state index contributed by atoms with van der Waals surface area (Å²) in [4.78, 5) is 4.32. The van der Waals surface area contributed by atoms with Gasteiger partial charge in [0.2, 0.25) is 0 Å². The van der Waals surface area contributed by atoms with E-state index < -0.39 is 6.10 Å². The summed E-state index contributed by atoms with van der Waals surface area (Å²) < 4.78 is 1.77. The molecule has 5 heteroatoms. The number of halogens is 1. The largest absolute Gasteiger partial charge is 0.382 e. The number of hydrogen-bond acceptors (Lipinski definition) is 3. The van der Waals surface area contributed by atoms with Crippen LogP contribution in [0.1, 0.15) is 30.7 Å². The highest BCUT2D eigenvalue weighted by Crippen LogP contribution is 2.31. The third kappa shape index (κ3) is 2.52. The lowest BCUT2D eigenvalue weighted by Gasteiger charge is -2.16. The number of pyridine rings is 1. The van der Waals surface area contributed by atoms with Crippen LogP contribution in [0.4, 0.5) is 0 Å². The Labute approximate surface area is 128 Å². The van der Waals surface area contributed by atoms with Crippen LogP contribution >= 0.6 is 11.6 Å². The highest BCUT2D eigenvalue weighted by Gasteiger charge is 2.21. The fourth-order valence-electron chi connectivity index (χ4n) is 2.54. The Kier molecular flexibility index (Phi) is 3.90. The predicted octanol–water partition coefficient (Wildman–Crippen LogP) is 3.58. The zero-order valence-corrected chi connectivity index (χ0v) is 12.5. The minimum absolute atomic E-state index is 0.483. The molecule has 1 atom stereocenters. The Morgan fingerprint density at radius 1 is 1.29 bits per heavy atom. The molecule has 108 valence electrons. The predicted molar refractivity (Wildman–Crippen MR) is 83.3 cm³/mol. The number of aryl methyl sites for hydroxylation is 1. The minimum atomic E-state index is -0.820. The molecule has 0 saturated heterocycles. The van der Waals surface area contributed by atoms with Gasteiger partial charge < -0.3 is 5.11 Å². The summed E-state index contributed by atoms with van der Waals surface area (Å²) >= 11 is 6.22. The molecule has 2 heterocycles. The molecular formula is C16H16ClN3O. The Bertz CT molecular complexity index is 764. The molecule has 0 bridgehead atoms. The van der Waals surface area contributed by atoms with Gasteiger partial charge in [0.25, 0.3) is 0 Å². The zero-order valence-electron chi connectivity index (χ0n) is 11.7. The molecule has 0 aliphatic heterocycles. The first-order valence-electron chi connectivity index (χ1n) is 6.95. The average Bonchev–Trinajstić information content (AvgIpc) is 2.87. The van der Waals surface area contributed by atoms with Crippen molar-refractivity contribution < 1.29 is 5.11 Å². The van der Waals surface area contributed by atoms with Crippen molar-refractivity contribution in [3.63, 3.8) is 0 Å². The van der Waals surface area contributed by atoms with E-state index in [0.717, 1.165) is 29.4 Å². The van der Waals surface area contributed by atoms with Crippen molar-refractivity contribution in [1.29, 1.82) is 0 Å². The normalized spacial score (nSPS) is 12.7. The standard InChI is InChI=1S/C16H16ClN3O/c1-2-9-20-15(13(17)10-19-20)16(21)12-7-8-18-14-6-4-3-5-11(12)14/h3-8,10,16,21H,2,9H2,1H3. The number of benzene rings is 1. The van der Waals surface area contributed by atoms with Crippen molar-refractivity contribution >= 4 is 22.5 Å². The molecule has 0 aliphatic rings. The topological polar surface area (TPSA) is 50.9 Å². The summed E-state index contributed by atoms with van der Waals surface area (Å²) in [5.41, 5.74) is 2.28. The van der Waals surface area contributed by atoms with Crippen molar-refractivity contribution in [2.24, 2.45) is 0 Å². The van der Waals surface area contributed by atoms with E-state index in [-0.39, 0.29) is 0 Å². The molecule has 0 fully saturated rings. The lowest BCUT2D eigenvalue weighted by Crippen LogP contribution is -2.11. The van der Waals surface area contributed by atoms with E-state index in [1.807, 2.05) is 30.3 Å². The molecule has 0 radical (unpaired) electrons. The summed E-state index contributed by atoms with van der Waals surface area (Å²) in [7, 11) is 0. The smallest absolute Gasteiger partial charge is 0.123 e. The van der Waals surface area contributed by atoms with Crippen LogP contribution in [0.15, 0.2) is 42.7 Å². The van der Waals surface area contributed by atoms with Gasteiger partial charge in [0.1, 0.15) is 6.10 Å². The average molecular weight is 302 g/mol. The monoisotopic (exact) mass is 301 g/mol. The summed E-state index contributed by atoms with van der Waals surface area (Å²) in [6.45, 7) is 2.79. The van der Waals surface area contributed by atoms with E-state index >= 15 is 0 Å². The van der Waals surface area contributed by atoms with E-state index in [9.17, 15) is 5.11 Å². The van der Waals surface area contributed by atoms with Crippen molar-refractivity contribution in [1.82, 2.24) is 14.8 Å². The SMILES string of the molecule is CCCn1ncc(Cl)c1C(O)c1ccnc2ccccc12. The first-order valence-corrected chi connectivity index (χ1v) is 7.33. The second-order valence-corrected chi connectivity index (χ2v) is 5.33. The molecule has 0 aliphatic carbocycles. The van der Waals surface area contributed by atoms with Crippen molar-refractivity contribution in [2.45, 2.75) is 26.0 Å². The summed E-state index contributed by atoms with van der Waals surface area (Å²) in [5.74, 6) is 0. The maximum absolute atomic E-state index is 10.8. The second kappa shape index (κ2) is 5.84. The van der Waals surface area contributed by atoms with Gasteiger partial charge in [-0.3, -0.25) is 9.67 Å². The number of aliphatic hydroxyl groups excluding tert-OH is 1. The number of hydrogen-bond donors (Lipinski definition) is 1. The molecule has 0 amide bonds. The lowest BCUT2D eigenvalue weighted by atomic mass is 10.0. The van der Waals surface area contributed by atoms with Gasteiger partial charge in [-0.05, 0) is 24.1 Å². The maximum atomic E-state index is 10.8. The minimum Gasteiger partial charge on any atom is -0.382 e. The molecule has 4 nitrogen and oxygen atoms in total. The molecule has 21 heavy (non-hydrogen) atoms. The highest BCUT2D eigenvalue weighted by molar-refractivity contribution is 6.31. The molecule has 3 rings (SSSR count). The Hall–Kier alpha value is -1.91. The van der Waals surface area contributed by atoms with Crippen LogP contribution < -0.4 is 0 Å². The van der Waals surface area contributed by atoms with Gasteiger partial charge in [-0.1, -0.05) is 36.7 Å². The Morgan fingerprint density at radius 2 is 2.10 bits per heavy atom. The first-order chi connectivity index (χ1) is 10.2. The summed E-state index contributed by atoms with van der Waals surface area (Å²) in [6.07, 6.45) is 3.39. The van der Waals surface area contributed by atoms with Gasteiger partial charge in [-0.25, -0.2) is 0 Å². The van der Waals surface area contributed by atoms with Crippen LogP contribution in [0, 0.1) is 0 Å². The number of rotatable bonds is 4. The molecule has 1 N–H and O–H groups in total. The van der Waals surface area contributed by atoms with Crippen LogP contribution in [0.3, 0.4) is 0 Å². The maximum Gasteiger partial charge on any atom is 0.123 e. The first kappa shape index (κ1) is 14.0. The van der Waals surface area contributed by atoms with Gasteiger partial charge in [0, 0.05) is 18.1 Å². The fourth-order valence-corrected chi connectivity index (χ4v) is 2.78. The van der Waals surface area contributed by atoms with Gasteiger partial charge in [-0.2, -0.15) is 5.10 Å². The number of aromatic nitrogens is 3. The number of fused-ring (bicyclic) bond motifs is 1. The quantitative estimate of drug-likeness (QED) is 0.801. The van der Waals surface area contributed by atoms with Gasteiger partial charge in [0.05, 0.1) is 22.4 Å². The van der Waals surface area contributed by atoms with Crippen molar-refractivity contribution in [3.8, 4) is 0 Å². The van der Waals surface area contributed by atoms with Gasteiger partial charge in [-0.15, -0.1) is 0 Å². The van der Waals surface area contributed by atoms with Crippen molar-refractivity contribution in [3.05, 3.63) is 59.0 Å². The highest BCUT2D eigenvalue weighted by atomic mass is 35.5. The molecule has 1 unspecified atom stereocenters. The molecule has 1 aromatic carbocycles. The third-order valence-electron chi connectivity index (χ3n) is 3.51. The van der Waals surface area contributed by atoms with Crippen molar-refractivity contribution in [2.75, 3.05) is 0 Å². The van der Waals surface area contributed by atoms with E-state index in [1.54, 1.807) is 17.1 Å². The third-order valence-corrected chi connectivity index (χ3v) is 3.80. The van der Waals surface area contributed by atoms with E-state index in [0.29, 0.717) is 10.7 Å². The molecule has 0 saturated carbocycles. The Balaban J connectivity index is 2.13. The second-order valence-electron chi connectivity index (χ2n) is 4.92. The molecule has 3 aromatic rings. The van der Waals surface area contributed by atoms with Crippen LogP contribution in [0.2, 0.25) is 5.02 Å². The molecular weight excluding hydrogens is 286 g/mol. The number of nitrogens with zero attached hydrogens (tertiary/aromatic N) is 3. The van der Waals surface area contributed by atoms with Crippen LogP contribution in [-0.2, 0) is 6.54 Å². The van der Waals surface area contributed by atoms with E-state index in [4.69, 9.17) is 11.6 Å². The summed E-state index contributed by atoms with van der Waals surface area (Å²) in [6, 6.07) is 9.57. The zero-order chi connectivity index (χ0) is 14.8. The van der Waals surface area contributed by atoms with Crippen LogP contribution in [0.5, 0.6) is 0 Å². The molecule has 2 aromatic heterocycles. The van der Waals surface area contributed by atoms with Gasteiger partial charge >= 0.3 is 0 Å². The number of para-hydroxylation sites is 1. The van der Waals surface area contributed by atoms with E-state index in [2.05, 4.69) is 17.0 Å². The van der Waals surface area contributed by atoms with Gasteiger partial charge in [0.15, 0.2) is 0 Å². The fraction of sp³-hybridized carbons (Fsp3) is 0.250. The Morgan fingerprint density at radius 3 is 2.90 bits per heavy atom. The van der Waals surface area contributed by atoms with Crippen LogP contribution in [0.25, 0.3) is 10.9 Å². The van der Waals surface area contributed by atoms with Crippen LogP contribution in [-0.4, -0.2) is 19.9 Å². The molecule has 0 spiro atoms. The number of aliphatic hydroxyl groups is 1.